The van der Waals surface area contributed by atoms with Gasteiger partial charge in [0.15, 0.2) is 0 Å². The quantitative estimate of drug-likeness (QED) is 0.537. The van der Waals surface area contributed by atoms with Crippen LogP contribution in [0.15, 0.2) is 22.6 Å². The minimum Gasteiger partial charge on any atom is -0.591 e. The Morgan fingerprint density at radius 2 is 2.19 bits per heavy atom. The average Bonchev–Trinajstić information content (AvgIpc) is 3.28. The molecule has 1 fully saturated rings. The highest BCUT2D eigenvalue weighted by molar-refractivity contribution is 7.90. The molecule has 1 saturated carbocycles. The van der Waals surface area contributed by atoms with Crippen LogP contribution >= 0.6 is 0 Å². The Balaban J connectivity index is 2.03. The second-order valence-electron chi connectivity index (χ2n) is 5.79. The molecule has 4 heteroatoms. The number of benzene rings is 1. The number of nitrogens with zero attached hydrogens (tertiary/aromatic N) is 1. The van der Waals surface area contributed by atoms with Crippen LogP contribution < -0.4 is 4.74 Å². The van der Waals surface area contributed by atoms with Gasteiger partial charge < -0.3 is 9.29 Å². The maximum Gasteiger partial charge on any atom is 0.133 e. The summed E-state index contributed by atoms with van der Waals surface area (Å²) in [4.78, 5) is 0. The van der Waals surface area contributed by atoms with Crippen LogP contribution in [0.2, 0.25) is 0 Å². The molecule has 1 unspecified atom stereocenters. The Morgan fingerprint density at radius 3 is 2.86 bits per heavy atom. The van der Waals surface area contributed by atoms with Crippen LogP contribution in [-0.4, -0.2) is 22.6 Å². The number of hydrogen-bond donors (Lipinski definition) is 0. The fraction of sp³-hybridized carbons (Fsp3) is 0.588. The van der Waals surface area contributed by atoms with Crippen LogP contribution in [0.1, 0.15) is 50.7 Å². The second kappa shape index (κ2) is 7.85. The van der Waals surface area contributed by atoms with Crippen molar-refractivity contribution in [2.24, 2.45) is 10.3 Å². The predicted octanol–water partition coefficient (Wildman–Crippen LogP) is 4.06. The first-order valence-electron chi connectivity index (χ1n) is 7.77. The van der Waals surface area contributed by atoms with Gasteiger partial charge >= 0.3 is 0 Å². The van der Waals surface area contributed by atoms with Gasteiger partial charge in [0.05, 0.1) is 23.7 Å². The van der Waals surface area contributed by atoms with E-state index in [1.807, 2.05) is 25.1 Å². The van der Waals surface area contributed by atoms with Gasteiger partial charge in [0.1, 0.15) is 11.5 Å². The van der Waals surface area contributed by atoms with Crippen molar-refractivity contribution in [1.29, 1.82) is 0 Å². The van der Waals surface area contributed by atoms with Gasteiger partial charge in [0, 0.05) is 5.56 Å². The van der Waals surface area contributed by atoms with E-state index in [0.717, 1.165) is 48.0 Å². The smallest absolute Gasteiger partial charge is 0.133 e. The zero-order valence-corrected chi connectivity index (χ0v) is 14.0. The van der Waals surface area contributed by atoms with Gasteiger partial charge in [-0.3, -0.25) is 0 Å². The van der Waals surface area contributed by atoms with E-state index in [-0.39, 0.29) is 0 Å². The van der Waals surface area contributed by atoms with Gasteiger partial charge in [0.25, 0.3) is 0 Å². The zero-order valence-electron chi connectivity index (χ0n) is 13.2. The fourth-order valence-electron chi connectivity index (χ4n) is 1.99. The average molecular weight is 307 g/mol. The maximum atomic E-state index is 11.9. The van der Waals surface area contributed by atoms with E-state index >= 15 is 0 Å². The SMILES string of the molecule is CCCC[S+]([O-])N=C(C)c1ccc(C)c(OCC2CC2)c1. The van der Waals surface area contributed by atoms with Crippen molar-refractivity contribution < 1.29 is 9.29 Å². The summed E-state index contributed by atoms with van der Waals surface area (Å²) in [6.45, 7) is 6.87. The molecule has 1 aliphatic carbocycles. The number of unbranched alkanes of at least 4 members (excludes halogenated alkanes) is 1. The molecule has 0 aliphatic heterocycles. The van der Waals surface area contributed by atoms with E-state index < -0.39 is 11.4 Å². The number of aryl methyl sites for hydroxylation is 1. The zero-order chi connectivity index (χ0) is 15.2. The number of hydrogen-bond acceptors (Lipinski definition) is 3. The summed E-state index contributed by atoms with van der Waals surface area (Å²) in [5.74, 6) is 2.31. The van der Waals surface area contributed by atoms with Gasteiger partial charge in [-0.2, -0.15) is 0 Å². The van der Waals surface area contributed by atoms with Crippen LogP contribution in [0, 0.1) is 12.8 Å². The molecule has 0 amide bonds. The molecular formula is C17H25NO2S. The molecule has 1 atom stereocenters. The third-order valence-electron chi connectivity index (χ3n) is 3.69. The van der Waals surface area contributed by atoms with E-state index in [2.05, 4.69) is 18.2 Å². The number of rotatable bonds is 8. The molecule has 21 heavy (non-hydrogen) atoms. The molecule has 1 aliphatic rings. The third kappa shape index (κ3) is 5.36. The lowest BCUT2D eigenvalue weighted by atomic mass is 10.1. The minimum atomic E-state index is -1.12. The van der Waals surface area contributed by atoms with Gasteiger partial charge in [-0.15, -0.1) is 0 Å². The van der Waals surface area contributed by atoms with E-state index in [0.29, 0.717) is 5.75 Å². The van der Waals surface area contributed by atoms with E-state index in [1.165, 1.54) is 12.8 Å². The second-order valence-corrected chi connectivity index (χ2v) is 7.02. The molecule has 0 saturated heterocycles. The summed E-state index contributed by atoms with van der Waals surface area (Å²) < 4.78 is 22.0. The van der Waals surface area contributed by atoms with Crippen LogP contribution in [-0.2, 0) is 11.4 Å². The molecule has 0 N–H and O–H groups in total. The standard InChI is InChI=1S/C17H25NO2S/c1-4-5-10-21(19)18-14(3)16-9-6-13(2)17(11-16)20-12-15-7-8-15/h6,9,11,15H,4-5,7-8,10,12H2,1-3H3. The normalized spacial score (nSPS) is 16.9. The van der Waals surface area contributed by atoms with Crippen molar-refractivity contribution in [2.45, 2.75) is 46.5 Å². The van der Waals surface area contributed by atoms with Gasteiger partial charge in [-0.25, -0.2) is 0 Å². The molecule has 0 bridgehead atoms. The van der Waals surface area contributed by atoms with Crippen LogP contribution in [0.4, 0.5) is 0 Å². The van der Waals surface area contributed by atoms with E-state index in [4.69, 9.17) is 4.74 Å². The van der Waals surface area contributed by atoms with Crippen LogP contribution in [0.3, 0.4) is 0 Å². The molecule has 2 rings (SSSR count). The summed E-state index contributed by atoms with van der Waals surface area (Å²) in [6, 6.07) is 6.09. The molecule has 3 nitrogen and oxygen atoms in total. The summed E-state index contributed by atoms with van der Waals surface area (Å²) in [6.07, 6.45) is 4.57. The lowest BCUT2D eigenvalue weighted by Crippen LogP contribution is -2.07. The fourth-order valence-corrected chi connectivity index (χ4v) is 3.03. The van der Waals surface area contributed by atoms with E-state index in [1.54, 1.807) is 0 Å². The highest BCUT2D eigenvalue weighted by Gasteiger charge is 2.22. The van der Waals surface area contributed by atoms with Crippen molar-refractivity contribution in [2.75, 3.05) is 12.4 Å². The third-order valence-corrected chi connectivity index (χ3v) is 4.80. The molecule has 1 aromatic rings. The monoisotopic (exact) mass is 307 g/mol. The Hall–Kier alpha value is -1.00. The molecule has 116 valence electrons. The lowest BCUT2D eigenvalue weighted by Gasteiger charge is -2.11. The first-order chi connectivity index (χ1) is 10.1. The molecule has 0 aromatic heterocycles. The maximum absolute atomic E-state index is 11.9. The largest absolute Gasteiger partial charge is 0.591 e. The predicted molar refractivity (Wildman–Crippen MR) is 89.5 cm³/mol. The topological polar surface area (TPSA) is 44.7 Å². The lowest BCUT2D eigenvalue weighted by molar-refractivity contribution is 0.298. The van der Waals surface area contributed by atoms with Crippen molar-refractivity contribution in [1.82, 2.24) is 0 Å². The number of ether oxygens (including phenoxy) is 1. The molecule has 1 aromatic carbocycles. The first kappa shape index (κ1) is 16.4. The Bertz CT molecular complexity index is 498. The summed E-state index contributed by atoms with van der Waals surface area (Å²) in [5, 5.41) is 0. The highest BCUT2D eigenvalue weighted by atomic mass is 32.2. The van der Waals surface area contributed by atoms with Crippen molar-refractivity contribution >= 4 is 17.1 Å². The van der Waals surface area contributed by atoms with Crippen LogP contribution in [0.5, 0.6) is 5.75 Å². The summed E-state index contributed by atoms with van der Waals surface area (Å²) in [5.41, 5.74) is 2.95. The van der Waals surface area contributed by atoms with Gasteiger partial charge in [0.2, 0.25) is 0 Å². The van der Waals surface area contributed by atoms with Crippen molar-refractivity contribution in [3.63, 3.8) is 0 Å². The summed E-state index contributed by atoms with van der Waals surface area (Å²) >= 11 is -1.12. The highest BCUT2D eigenvalue weighted by Crippen LogP contribution is 2.30. The van der Waals surface area contributed by atoms with Crippen molar-refractivity contribution in [3.8, 4) is 5.75 Å². The Morgan fingerprint density at radius 1 is 1.43 bits per heavy atom. The van der Waals surface area contributed by atoms with E-state index in [9.17, 15) is 4.55 Å². The molecule has 0 radical (unpaired) electrons. The molecular weight excluding hydrogens is 282 g/mol. The first-order valence-corrected chi connectivity index (χ1v) is 9.05. The molecule has 0 spiro atoms. The Kier molecular flexibility index (Phi) is 6.12. The minimum absolute atomic E-state index is 0.644. The van der Waals surface area contributed by atoms with Gasteiger partial charge in [-0.05, 0) is 50.7 Å². The van der Waals surface area contributed by atoms with Gasteiger partial charge in [-0.1, -0.05) is 29.9 Å². The summed E-state index contributed by atoms with van der Waals surface area (Å²) in [7, 11) is 0. The Labute approximate surface area is 131 Å². The van der Waals surface area contributed by atoms with Crippen LogP contribution in [0.25, 0.3) is 0 Å². The molecule has 0 heterocycles. The van der Waals surface area contributed by atoms with Crippen molar-refractivity contribution in [3.05, 3.63) is 29.3 Å².